The third kappa shape index (κ3) is 3.36. The first kappa shape index (κ1) is 15.8. The largest absolute Gasteiger partial charge is 0.392 e. The van der Waals surface area contributed by atoms with Crippen LogP contribution in [0.1, 0.15) is 65.7 Å². The highest BCUT2D eigenvalue weighted by Gasteiger charge is 2.44. The molecule has 0 radical (unpaired) electrons. The van der Waals surface area contributed by atoms with E-state index in [2.05, 4.69) is 27.4 Å². The van der Waals surface area contributed by atoms with E-state index in [9.17, 15) is 0 Å². The van der Waals surface area contributed by atoms with Gasteiger partial charge in [0.05, 0.1) is 6.61 Å². The van der Waals surface area contributed by atoms with Gasteiger partial charge in [-0.1, -0.05) is 44.1 Å². The second-order valence-electron chi connectivity index (χ2n) is 7.73. The van der Waals surface area contributed by atoms with Gasteiger partial charge in [0.2, 0.25) is 0 Å². The number of aliphatic hydroxyl groups is 1. The highest BCUT2D eigenvalue weighted by atomic mass is 16.2. The van der Waals surface area contributed by atoms with Gasteiger partial charge in [-0.05, 0) is 68.6 Å². The minimum Gasteiger partial charge on any atom is -0.392 e. The highest BCUT2D eigenvalue weighted by molar-refractivity contribution is 5.12. The minimum atomic E-state index is 0.177. The molecule has 20 heavy (non-hydrogen) atoms. The van der Waals surface area contributed by atoms with Crippen LogP contribution in [0.2, 0.25) is 0 Å². The Morgan fingerprint density at radius 3 is 2.85 bits per heavy atom. The fourth-order valence-electron chi connectivity index (χ4n) is 4.73. The van der Waals surface area contributed by atoms with Crippen LogP contribution in [0.4, 0.5) is 0 Å². The third-order valence-corrected chi connectivity index (χ3v) is 5.99. The zero-order valence-electron chi connectivity index (χ0n) is 13.6. The summed E-state index contributed by atoms with van der Waals surface area (Å²) in [6.45, 7) is 11.7. The van der Waals surface area contributed by atoms with Gasteiger partial charge in [0.15, 0.2) is 0 Å². The summed E-state index contributed by atoms with van der Waals surface area (Å²) in [6.07, 6.45) is 11.1. The molecule has 0 aromatic rings. The normalized spacial score (nSPS) is 33.9. The van der Waals surface area contributed by atoms with Crippen molar-refractivity contribution in [2.45, 2.75) is 65.7 Å². The maximum atomic E-state index is 8.99. The Morgan fingerprint density at radius 1 is 1.40 bits per heavy atom. The summed E-state index contributed by atoms with van der Waals surface area (Å²) in [4.78, 5) is 0. The molecule has 0 aliphatic heterocycles. The van der Waals surface area contributed by atoms with Gasteiger partial charge in [0, 0.05) is 0 Å². The molecule has 114 valence electrons. The molecule has 0 bridgehead atoms. The van der Waals surface area contributed by atoms with Crippen molar-refractivity contribution >= 4 is 0 Å². The van der Waals surface area contributed by atoms with Crippen molar-refractivity contribution in [3.63, 3.8) is 0 Å². The van der Waals surface area contributed by atoms with E-state index in [1.807, 2.05) is 6.08 Å². The molecule has 0 spiro atoms. The third-order valence-electron chi connectivity index (χ3n) is 5.99. The lowest BCUT2D eigenvalue weighted by Gasteiger charge is -2.51. The Hall–Kier alpha value is -0.560. The predicted molar refractivity (Wildman–Crippen MR) is 86.6 cm³/mol. The van der Waals surface area contributed by atoms with E-state index in [1.54, 1.807) is 0 Å². The Morgan fingerprint density at radius 2 is 2.15 bits per heavy atom. The standard InChI is InChI=1S/C19H32O/c1-14(11-13-20)7-9-16-15(2)8-10-18-17(16)6-5-12-19(18,3)4/h11,16-18,20H,2,5-10,12-13H2,1,3-4H3. The topological polar surface area (TPSA) is 20.2 Å². The fraction of sp³-hybridized carbons (Fsp3) is 0.789. The van der Waals surface area contributed by atoms with E-state index in [-0.39, 0.29) is 6.61 Å². The first-order valence-corrected chi connectivity index (χ1v) is 8.40. The van der Waals surface area contributed by atoms with Crippen LogP contribution in [0.25, 0.3) is 0 Å². The monoisotopic (exact) mass is 276 g/mol. The van der Waals surface area contributed by atoms with E-state index < -0.39 is 0 Å². The molecule has 3 unspecified atom stereocenters. The van der Waals surface area contributed by atoms with Crippen molar-refractivity contribution in [3.05, 3.63) is 23.8 Å². The number of hydrogen-bond donors (Lipinski definition) is 1. The van der Waals surface area contributed by atoms with Crippen molar-refractivity contribution in [1.82, 2.24) is 0 Å². The molecule has 0 amide bonds. The van der Waals surface area contributed by atoms with Gasteiger partial charge in [-0.15, -0.1) is 0 Å². The molecule has 2 fully saturated rings. The van der Waals surface area contributed by atoms with Crippen LogP contribution in [0, 0.1) is 23.2 Å². The summed E-state index contributed by atoms with van der Waals surface area (Å²) in [7, 11) is 0. The van der Waals surface area contributed by atoms with Crippen LogP contribution in [-0.4, -0.2) is 11.7 Å². The number of rotatable bonds is 4. The smallest absolute Gasteiger partial charge is 0.0614 e. The van der Waals surface area contributed by atoms with Crippen molar-refractivity contribution in [1.29, 1.82) is 0 Å². The molecule has 1 nitrogen and oxygen atoms in total. The summed E-state index contributed by atoms with van der Waals surface area (Å²) in [5, 5.41) is 8.99. The number of hydrogen-bond acceptors (Lipinski definition) is 1. The summed E-state index contributed by atoms with van der Waals surface area (Å²) < 4.78 is 0. The molecular formula is C19H32O. The number of aliphatic hydroxyl groups excluding tert-OH is 1. The van der Waals surface area contributed by atoms with E-state index >= 15 is 0 Å². The van der Waals surface area contributed by atoms with E-state index in [1.165, 1.54) is 49.7 Å². The van der Waals surface area contributed by atoms with Crippen LogP contribution in [0.3, 0.4) is 0 Å². The molecule has 3 atom stereocenters. The Labute approximate surface area is 125 Å². The molecule has 1 N–H and O–H groups in total. The quantitative estimate of drug-likeness (QED) is 0.707. The number of allylic oxidation sites excluding steroid dienone is 2. The van der Waals surface area contributed by atoms with Crippen molar-refractivity contribution in [2.75, 3.05) is 6.61 Å². The van der Waals surface area contributed by atoms with Crippen molar-refractivity contribution in [3.8, 4) is 0 Å². The lowest BCUT2D eigenvalue weighted by atomic mass is 9.54. The van der Waals surface area contributed by atoms with E-state index in [0.29, 0.717) is 5.41 Å². The summed E-state index contributed by atoms with van der Waals surface area (Å²) >= 11 is 0. The first-order chi connectivity index (χ1) is 9.45. The molecule has 2 saturated carbocycles. The maximum absolute atomic E-state index is 8.99. The van der Waals surface area contributed by atoms with Gasteiger partial charge in [0.25, 0.3) is 0 Å². The molecule has 2 aliphatic carbocycles. The van der Waals surface area contributed by atoms with Crippen LogP contribution in [0.5, 0.6) is 0 Å². The second-order valence-corrected chi connectivity index (χ2v) is 7.73. The second kappa shape index (κ2) is 6.47. The molecule has 0 saturated heterocycles. The van der Waals surface area contributed by atoms with Crippen LogP contribution in [-0.2, 0) is 0 Å². The van der Waals surface area contributed by atoms with Crippen LogP contribution < -0.4 is 0 Å². The van der Waals surface area contributed by atoms with Crippen LogP contribution in [0.15, 0.2) is 23.8 Å². The van der Waals surface area contributed by atoms with Gasteiger partial charge in [-0.2, -0.15) is 0 Å². The molecule has 1 heteroatoms. The molecule has 0 aromatic heterocycles. The zero-order chi connectivity index (χ0) is 14.8. The molecular weight excluding hydrogens is 244 g/mol. The Kier molecular flexibility index (Phi) is 5.12. The molecule has 0 heterocycles. The molecule has 0 aromatic carbocycles. The fourth-order valence-corrected chi connectivity index (χ4v) is 4.73. The lowest BCUT2D eigenvalue weighted by molar-refractivity contribution is 0.0228. The summed E-state index contributed by atoms with van der Waals surface area (Å²) in [5.41, 5.74) is 3.36. The Bertz CT molecular complexity index is 377. The van der Waals surface area contributed by atoms with Gasteiger partial charge in [-0.25, -0.2) is 0 Å². The van der Waals surface area contributed by atoms with Crippen LogP contribution >= 0.6 is 0 Å². The lowest BCUT2D eigenvalue weighted by Crippen LogP contribution is -2.41. The average Bonchev–Trinajstić information content (AvgIpc) is 2.37. The minimum absolute atomic E-state index is 0.177. The predicted octanol–water partition coefficient (Wildman–Crippen LogP) is 5.11. The maximum Gasteiger partial charge on any atom is 0.0614 e. The van der Waals surface area contributed by atoms with Gasteiger partial charge >= 0.3 is 0 Å². The number of fused-ring (bicyclic) bond motifs is 1. The van der Waals surface area contributed by atoms with Gasteiger partial charge in [-0.3, -0.25) is 0 Å². The highest BCUT2D eigenvalue weighted by Crippen LogP contribution is 2.54. The Balaban J connectivity index is 2.06. The van der Waals surface area contributed by atoms with Gasteiger partial charge in [0.1, 0.15) is 0 Å². The zero-order valence-corrected chi connectivity index (χ0v) is 13.6. The van der Waals surface area contributed by atoms with Crippen molar-refractivity contribution in [2.24, 2.45) is 23.2 Å². The van der Waals surface area contributed by atoms with Gasteiger partial charge < -0.3 is 5.11 Å². The summed E-state index contributed by atoms with van der Waals surface area (Å²) in [5.74, 6) is 2.48. The molecule has 2 aliphatic rings. The van der Waals surface area contributed by atoms with E-state index in [0.717, 1.165) is 24.2 Å². The van der Waals surface area contributed by atoms with Crippen molar-refractivity contribution < 1.29 is 5.11 Å². The first-order valence-electron chi connectivity index (χ1n) is 8.40. The molecule has 2 rings (SSSR count). The SMILES string of the molecule is C=C1CCC2C(CCCC2(C)C)C1CCC(C)=CCO. The van der Waals surface area contributed by atoms with E-state index in [4.69, 9.17) is 5.11 Å². The summed E-state index contributed by atoms with van der Waals surface area (Å²) in [6, 6.07) is 0. The average molecular weight is 276 g/mol.